The van der Waals surface area contributed by atoms with Crippen LogP contribution >= 0.6 is 0 Å². The summed E-state index contributed by atoms with van der Waals surface area (Å²) >= 11 is 0. The highest BCUT2D eigenvalue weighted by molar-refractivity contribution is 6.02. The standard InChI is InChI=1S/C12H15N5O/c1-7(2)9-5-10(17-16-9)12(18)15-8-3-4-11(13)14-6-8/h3-7H,1-2H3,(H2,13,14)(H,15,18)(H,16,17). The second-order valence-corrected chi connectivity index (χ2v) is 4.29. The number of nitrogens with one attached hydrogen (secondary N) is 2. The summed E-state index contributed by atoms with van der Waals surface area (Å²) in [4.78, 5) is 15.8. The number of nitrogens with zero attached hydrogens (tertiary/aromatic N) is 2. The summed E-state index contributed by atoms with van der Waals surface area (Å²) in [5, 5.41) is 9.50. The smallest absolute Gasteiger partial charge is 0.276 e. The van der Waals surface area contributed by atoms with Crippen LogP contribution in [-0.2, 0) is 0 Å². The van der Waals surface area contributed by atoms with Gasteiger partial charge in [0.25, 0.3) is 5.91 Å². The average Bonchev–Trinajstić information content (AvgIpc) is 2.81. The number of H-pyrrole nitrogens is 1. The third-order valence-corrected chi connectivity index (χ3v) is 2.50. The van der Waals surface area contributed by atoms with Gasteiger partial charge in [-0.25, -0.2) is 4.98 Å². The highest BCUT2D eigenvalue weighted by Gasteiger charge is 2.12. The van der Waals surface area contributed by atoms with E-state index in [4.69, 9.17) is 5.73 Å². The van der Waals surface area contributed by atoms with Gasteiger partial charge < -0.3 is 11.1 Å². The Morgan fingerprint density at radius 2 is 2.22 bits per heavy atom. The normalized spacial score (nSPS) is 10.6. The quantitative estimate of drug-likeness (QED) is 0.767. The highest BCUT2D eigenvalue weighted by atomic mass is 16.1. The molecule has 0 fully saturated rings. The minimum atomic E-state index is -0.273. The highest BCUT2D eigenvalue weighted by Crippen LogP contribution is 2.13. The molecule has 6 heteroatoms. The molecular weight excluding hydrogens is 230 g/mol. The molecule has 0 saturated heterocycles. The van der Waals surface area contributed by atoms with Crippen LogP contribution in [0.1, 0.15) is 35.9 Å². The van der Waals surface area contributed by atoms with Gasteiger partial charge in [-0.2, -0.15) is 5.10 Å². The van der Waals surface area contributed by atoms with Crippen molar-refractivity contribution in [1.82, 2.24) is 15.2 Å². The first-order valence-corrected chi connectivity index (χ1v) is 5.64. The lowest BCUT2D eigenvalue weighted by atomic mass is 10.1. The molecule has 0 saturated carbocycles. The molecule has 1 amide bonds. The summed E-state index contributed by atoms with van der Waals surface area (Å²) in [7, 11) is 0. The number of carbonyl (C=O) groups is 1. The molecule has 6 nitrogen and oxygen atoms in total. The lowest BCUT2D eigenvalue weighted by Gasteiger charge is -2.02. The summed E-state index contributed by atoms with van der Waals surface area (Å²) in [5.74, 6) is 0.442. The molecule has 2 heterocycles. The van der Waals surface area contributed by atoms with Gasteiger partial charge in [-0.05, 0) is 24.1 Å². The Labute approximate surface area is 105 Å². The van der Waals surface area contributed by atoms with Crippen LogP contribution in [0.3, 0.4) is 0 Å². The van der Waals surface area contributed by atoms with Crippen LogP contribution in [0.15, 0.2) is 24.4 Å². The molecule has 2 rings (SSSR count). The third-order valence-electron chi connectivity index (χ3n) is 2.50. The summed E-state index contributed by atoms with van der Waals surface area (Å²) in [5.41, 5.74) is 7.33. The monoisotopic (exact) mass is 245 g/mol. The molecular formula is C12H15N5O. The number of anilines is 2. The zero-order chi connectivity index (χ0) is 13.1. The number of aromatic nitrogens is 3. The Kier molecular flexibility index (Phi) is 3.27. The van der Waals surface area contributed by atoms with Gasteiger partial charge in [-0.1, -0.05) is 13.8 Å². The lowest BCUT2D eigenvalue weighted by Crippen LogP contribution is -2.12. The van der Waals surface area contributed by atoms with Crippen molar-refractivity contribution in [3.05, 3.63) is 35.8 Å². The lowest BCUT2D eigenvalue weighted by molar-refractivity contribution is 0.102. The molecule has 0 aliphatic carbocycles. The number of nitrogen functional groups attached to an aromatic ring is 1. The number of rotatable bonds is 3. The topological polar surface area (TPSA) is 96.7 Å². The average molecular weight is 245 g/mol. The zero-order valence-corrected chi connectivity index (χ0v) is 10.3. The van der Waals surface area contributed by atoms with Crippen molar-refractivity contribution in [3.63, 3.8) is 0 Å². The van der Waals surface area contributed by atoms with Crippen LogP contribution in [0.4, 0.5) is 11.5 Å². The summed E-state index contributed by atoms with van der Waals surface area (Å²) in [6.45, 7) is 4.05. The van der Waals surface area contributed by atoms with E-state index in [0.29, 0.717) is 23.1 Å². The summed E-state index contributed by atoms with van der Waals surface area (Å²) in [6.07, 6.45) is 1.50. The van der Waals surface area contributed by atoms with Gasteiger partial charge in [0.05, 0.1) is 11.9 Å². The van der Waals surface area contributed by atoms with Crippen molar-refractivity contribution in [2.75, 3.05) is 11.1 Å². The van der Waals surface area contributed by atoms with Crippen molar-refractivity contribution in [3.8, 4) is 0 Å². The Morgan fingerprint density at radius 3 is 2.78 bits per heavy atom. The van der Waals surface area contributed by atoms with E-state index in [-0.39, 0.29) is 5.91 Å². The molecule has 2 aromatic rings. The van der Waals surface area contributed by atoms with E-state index in [1.807, 2.05) is 13.8 Å². The van der Waals surface area contributed by atoms with Gasteiger partial charge in [0.15, 0.2) is 5.69 Å². The minimum Gasteiger partial charge on any atom is -0.384 e. The number of nitrogens with two attached hydrogens (primary N) is 1. The summed E-state index contributed by atoms with van der Waals surface area (Å²) < 4.78 is 0. The fourth-order valence-corrected chi connectivity index (χ4v) is 1.42. The maximum Gasteiger partial charge on any atom is 0.276 e. The molecule has 0 aliphatic rings. The Bertz CT molecular complexity index is 544. The molecule has 0 radical (unpaired) electrons. The van der Waals surface area contributed by atoms with Crippen molar-refractivity contribution in [1.29, 1.82) is 0 Å². The van der Waals surface area contributed by atoms with E-state index in [9.17, 15) is 4.79 Å². The van der Waals surface area contributed by atoms with Crippen LogP contribution in [0.2, 0.25) is 0 Å². The zero-order valence-electron chi connectivity index (χ0n) is 10.3. The maximum atomic E-state index is 11.9. The molecule has 0 bridgehead atoms. The maximum absolute atomic E-state index is 11.9. The molecule has 0 atom stereocenters. The van der Waals surface area contributed by atoms with E-state index < -0.39 is 0 Å². The van der Waals surface area contributed by atoms with Gasteiger partial charge in [-0.15, -0.1) is 0 Å². The number of carbonyl (C=O) groups excluding carboxylic acids is 1. The van der Waals surface area contributed by atoms with Gasteiger partial charge >= 0.3 is 0 Å². The van der Waals surface area contributed by atoms with Crippen molar-refractivity contribution < 1.29 is 4.79 Å². The van der Waals surface area contributed by atoms with Crippen LogP contribution in [0, 0.1) is 0 Å². The van der Waals surface area contributed by atoms with Gasteiger partial charge in [0.1, 0.15) is 5.82 Å². The summed E-state index contributed by atoms with van der Waals surface area (Å²) in [6, 6.07) is 5.06. The van der Waals surface area contributed by atoms with Gasteiger partial charge in [0, 0.05) is 5.69 Å². The van der Waals surface area contributed by atoms with Crippen LogP contribution in [-0.4, -0.2) is 21.1 Å². The van der Waals surface area contributed by atoms with E-state index in [2.05, 4.69) is 20.5 Å². The predicted octanol–water partition coefficient (Wildman–Crippen LogP) is 1.76. The second-order valence-electron chi connectivity index (χ2n) is 4.29. The fraction of sp³-hybridized carbons (Fsp3) is 0.250. The molecule has 4 N–H and O–H groups in total. The number of amides is 1. The number of hydrogen-bond acceptors (Lipinski definition) is 4. The minimum absolute atomic E-state index is 0.273. The van der Waals surface area contributed by atoms with Crippen molar-refractivity contribution >= 4 is 17.4 Å². The molecule has 0 unspecified atom stereocenters. The van der Waals surface area contributed by atoms with Crippen LogP contribution < -0.4 is 11.1 Å². The van der Waals surface area contributed by atoms with E-state index in [1.54, 1.807) is 18.2 Å². The third kappa shape index (κ3) is 2.65. The van der Waals surface area contributed by atoms with Crippen molar-refractivity contribution in [2.24, 2.45) is 0 Å². The van der Waals surface area contributed by atoms with E-state index in [1.165, 1.54) is 6.20 Å². The number of hydrogen-bond donors (Lipinski definition) is 3. The Morgan fingerprint density at radius 1 is 1.44 bits per heavy atom. The largest absolute Gasteiger partial charge is 0.384 e. The second kappa shape index (κ2) is 4.87. The molecule has 0 spiro atoms. The predicted molar refractivity (Wildman–Crippen MR) is 69.3 cm³/mol. The molecule has 94 valence electrons. The first-order valence-electron chi connectivity index (χ1n) is 5.64. The Hall–Kier alpha value is -2.37. The SMILES string of the molecule is CC(C)c1cc(C(=O)Nc2ccc(N)nc2)n[nH]1. The van der Waals surface area contributed by atoms with E-state index in [0.717, 1.165) is 5.69 Å². The first kappa shape index (κ1) is 12.1. The molecule has 18 heavy (non-hydrogen) atoms. The number of aromatic amines is 1. The first-order chi connectivity index (χ1) is 8.56. The van der Waals surface area contributed by atoms with Gasteiger partial charge in [0.2, 0.25) is 0 Å². The van der Waals surface area contributed by atoms with Gasteiger partial charge in [-0.3, -0.25) is 9.89 Å². The molecule has 0 aliphatic heterocycles. The molecule has 0 aromatic carbocycles. The van der Waals surface area contributed by atoms with Crippen LogP contribution in [0.5, 0.6) is 0 Å². The Balaban J connectivity index is 2.09. The number of pyridine rings is 1. The van der Waals surface area contributed by atoms with E-state index >= 15 is 0 Å². The van der Waals surface area contributed by atoms with Crippen molar-refractivity contribution in [2.45, 2.75) is 19.8 Å². The molecule has 2 aromatic heterocycles. The fourth-order valence-electron chi connectivity index (χ4n) is 1.42. The van der Waals surface area contributed by atoms with Crippen LogP contribution in [0.25, 0.3) is 0 Å².